The maximum absolute atomic E-state index is 9.89. The zero-order valence-corrected chi connectivity index (χ0v) is 6.26. The van der Waals surface area contributed by atoms with E-state index in [9.17, 15) is 9.90 Å². The van der Waals surface area contributed by atoms with Gasteiger partial charge in [-0.05, 0) is 12.0 Å². The molecule has 0 aromatic rings. The van der Waals surface area contributed by atoms with Gasteiger partial charge >= 0.3 is 0 Å². The Balaban J connectivity index is 3.90. The lowest BCUT2D eigenvalue weighted by molar-refractivity contribution is -0.297. The third-order valence-electron chi connectivity index (χ3n) is 1.18. The minimum atomic E-state index is -1.18. The zero-order chi connectivity index (χ0) is 8.15. The first-order valence-corrected chi connectivity index (χ1v) is 3.12. The van der Waals surface area contributed by atoms with Crippen LogP contribution in [0.2, 0.25) is 0 Å². The standard InChI is InChI=1S/C8H12O2/c1-6(2)7(3)4-5-8(9)10/h4-6H,3H2,1-2H3,(H,9,10)/p-1/b5-4+. The van der Waals surface area contributed by atoms with Crippen LogP contribution < -0.4 is 5.11 Å². The molecule has 56 valence electrons. The van der Waals surface area contributed by atoms with Crippen LogP contribution in [-0.4, -0.2) is 5.97 Å². The van der Waals surface area contributed by atoms with E-state index in [0.717, 1.165) is 11.6 Å². The van der Waals surface area contributed by atoms with E-state index in [0.29, 0.717) is 0 Å². The van der Waals surface area contributed by atoms with Crippen molar-refractivity contribution in [3.63, 3.8) is 0 Å². The number of aliphatic carboxylic acids is 1. The summed E-state index contributed by atoms with van der Waals surface area (Å²) in [5.74, 6) is -0.891. The first-order valence-electron chi connectivity index (χ1n) is 3.12. The quantitative estimate of drug-likeness (QED) is 0.422. The topological polar surface area (TPSA) is 40.1 Å². The van der Waals surface area contributed by atoms with Gasteiger partial charge in [-0.25, -0.2) is 0 Å². The maximum Gasteiger partial charge on any atom is 0.0642 e. The summed E-state index contributed by atoms with van der Waals surface area (Å²) in [5.41, 5.74) is 0.796. The fourth-order valence-electron chi connectivity index (χ4n) is 0.368. The van der Waals surface area contributed by atoms with Gasteiger partial charge in [0.05, 0.1) is 5.97 Å². The van der Waals surface area contributed by atoms with Crippen LogP contribution in [0, 0.1) is 5.92 Å². The molecule has 0 radical (unpaired) electrons. The molecule has 0 bridgehead atoms. The lowest BCUT2D eigenvalue weighted by atomic mass is 10.1. The van der Waals surface area contributed by atoms with Crippen molar-refractivity contribution in [1.82, 2.24) is 0 Å². The fraction of sp³-hybridized carbons (Fsp3) is 0.375. The number of hydrogen-bond acceptors (Lipinski definition) is 2. The van der Waals surface area contributed by atoms with E-state index in [1.807, 2.05) is 13.8 Å². The van der Waals surface area contributed by atoms with Crippen LogP contribution in [0.15, 0.2) is 24.3 Å². The lowest BCUT2D eigenvalue weighted by Gasteiger charge is -2.02. The third kappa shape index (κ3) is 3.89. The summed E-state index contributed by atoms with van der Waals surface area (Å²) in [6.45, 7) is 7.54. The first kappa shape index (κ1) is 8.95. The normalized spacial score (nSPS) is 10.7. The highest BCUT2D eigenvalue weighted by Crippen LogP contribution is 2.06. The molecular weight excluding hydrogens is 128 g/mol. The Morgan fingerprint density at radius 3 is 2.30 bits per heavy atom. The number of allylic oxidation sites excluding steroid dienone is 2. The van der Waals surface area contributed by atoms with Crippen LogP contribution in [0.4, 0.5) is 0 Å². The van der Waals surface area contributed by atoms with Crippen molar-refractivity contribution in [3.8, 4) is 0 Å². The summed E-state index contributed by atoms with van der Waals surface area (Å²) < 4.78 is 0. The molecule has 0 unspecified atom stereocenters. The van der Waals surface area contributed by atoms with Gasteiger partial charge in [-0.3, -0.25) is 0 Å². The minimum Gasteiger partial charge on any atom is -0.545 e. The van der Waals surface area contributed by atoms with Crippen LogP contribution in [0.1, 0.15) is 13.8 Å². The average molecular weight is 139 g/mol. The molecular formula is C8H11O2-. The Morgan fingerprint density at radius 1 is 1.50 bits per heavy atom. The van der Waals surface area contributed by atoms with Gasteiger partial charge in [-0.2, -0.15) is 0 Å². The largest absolute Gasteiger partial charge is 0.545 e. The summed E-state index contributed by atoms with van der Waals surface area (Å²) in [4.78, 5) is 9.89. The summed E-state index contributed by atoms with van der Waals surface area (Å²) >= 11 is 0. The molecule has 2 heteroatoms. The van der Waals surface area contributed by atoms with Crippen molar-refractivity contribution in [2.24, 2.45) is 5.92 Å². The van der Waals surface area contributed by atoms with Crippen molar-refractivity contribution >= 4 is 5.97 Å². The van der Waals surface area contributed by atoms with Gasteiger partial charge in [0.1, 0.15) is 0 Å². The second kappa shape index (κ2) is 3.88. The second-order valence-corrected chi connectivity index (χ2v) is 2.38. The predicted molar refractivity (Wildman–Crippen MR) is 38.1 cm³/mol. The molecule has 0 heterocycles. The molecule has 0 spiro atoms. The van der Waals surface area contributed by atoms with Crippen molar-refractivity contribution in [2.75, 3.05) is 0 Å². The van der Waals surface area contributed by atoms with Crippen molar-refractivity contribution in [3.05, 3.63) is 24.3 Å². The van der Waals surface area contributed by atoms with E-state index in [4.69, 9.17) is 0 Å². The molecule has 0 aliphatic carbocycles. The third-order valence-corrected chi connectivity index (χ3v) is 1.18. The molecule has 10 heavy (non-hydrogen) atoms. The summed E-state index contributed by atoms with van der Waals surface area (Å²) in [6, 6.07) is 0. The Kier molecular flexibility index (Phi) is 3.47. The molecule has 0 aliphatic heterocycles. The highest BCUT2D eigenvalue weighted by molar-refractivity contribution is 5.78. The van der Waals surface area contributed by atoms with Crippen molar-refractivity contribution < 1.29 is 9.90 Å². The average Bonchev–Trinajstić information content (AvgIpc) is 1.82. The first-order chi connectivity index (χ1) is 4.54. The smallest absolute Gasteiger partial charge is 0.0642 e. The zero-order valence-electron chi connectivity index (χ0n) is 6.26. The number of carbonyl (C=O) groups is 1. The van der Waals surface area contributed by atoms with E-state index < -0.39 is 5.97 Å². The number of carboxylic acid groups (broad SMARTS) is 1. The highest BCUT2D eigenvalue weighted by Gasteiger charge is 1.92. The molecule has 0 N–H and O–H groups in total. The molecule has 0 rings (SSSR count). The maximum atomic E-state index is 9.89. The molecule has 0 aromatic carbocycles. The molecule has 0 aromatic heterocycles. The van der Waals surface area contributed by atoms with E-state index in [-0.39, 0.29) is 5.92 Å². The molecule has 0 fully saturated rings. The van der Waals surface area contributed by atoms with E-state index in [1.165, 1.54) is 6.08 Å². The van der Waals surface area contributed by atoms with E-state index in [2.05, 4.69) is 6.58 Å². The Bertz CT molecular complexity index is 166. The van der Waals surface area contributed by atoms with Crippen LogP contribution in [-0.2, 0) is 4.79 Å². The fourth-order valence-corrected chi connectivity index (χ4v) is 0.368. The predicted octanol–water partition coefficient (Wildman–Crippen LogP) is 0.505. The van der Waals surface area contributed by atoms with E-state index >= 15 is 0 Å². The molecule has 0 amide bonds. The summed E-state index contributed by atoms with van der Waals surface area (Å²) in [6.07, 6.45) is 2.45. The Labute approximate surface area is 60.9 Å². The second-order valence-electron chi connectivity index (χ2n) is 2.38. The van der Waals surface area contributed by atoms with E-state index in [1.54, 1.807) is 0 Å². The van der Waals surface area contributed by atoms with Crippen LogP contribution in [0.25, 0.3) is 0 Å². The highest BCUT2D eigenvalue weighted by atomic mass is 16.4. The minimum absolute atomic E-state index is 0.288. The number of hydrogen-bond donors (Lipinski definition) is 0. The van der Waals surface area contributed by atoms with Crippen LogP contribution >= 0.6 is 0 Å². The monoisotopic (exact) mass is 139 g/mol. The van der Waals surface area contributed by atoms with Gasteiger partial charge in [-0.15, -0.1) is 0 Å². The molecule has 2 nitrogen and oxygen atoms in total. The number of carboxylic acids is 1. The van der Waals surface area contributed by atoms with Crippen LogP contribution in [0.3, 0.4) is 0 Å². The molecule has 0 saturated heterocycles. The van der Waals surface area contributed by atoms with Gasteiger partial charge < -0.3 is 9.90 Å². The molecule has 0 saturated carbocycles. The van der Waals surface area contributed by atoms with Gasteiger partial charge in [0.25, 0.3) is 0 Å². The molecule has 0 atom stereocenters. The Hall–Kier alpha value is -1.05. The van der Waals surface area contributed by atoms with Gasteiger partial charge in [-0.1, -0.05) is 32.1 Å². The van der Waals surface area contributed by atoms with Gasteiger partial charge in [0.15, 0.2) is 0 Å². The summed E-state index contributed by atoms with van der Waals surface area (Å²) in [7, 11) is 0. The van der Waals surface area contributed by atoms with Gasteiger partial charge in [0, 0.05) is 0 Å². The SMILES string of the molecule is C=C(/C=C/C(=O)[O-])C(C)C. The summed E-state index contributed by atoms with van der Waals surface area (Å²) in [5, 5.41) is 9.89. The van der Waals surface area contributed by atoms with Gasteiger partial charge in [0.2, 0.25) is 0 Å². The van der Waals surface area contributed by atoms with Crippen molar-refractivity contribution in [2.45, 2.75) is 13.8 Å². The lowest BCUT2D eigenvalue weighted by Crippen LogP contribution is -2.18. The van der Waals surface area contributed by atoms with Crippen LogP contribution in [0.5, 0.6) is 0 Å². The van der Waals surface area contributed by atoms with Crippen molar-refractivity contribution in [1.29, 1.82) is 0 Å². The number of rotatable bonds is 3. The number of carbonyl (C=O) groups excluding carboxylic acids is 1. The molecule has 0 aliphatic rings. The Morgan fingerprint density at radius 2 is 2.00 bits per heavy atom.